The number of aryl methyl sites for hydroxylation is 2. The number of hydrogen-bond donors (Lipinski definition) is 3. The van der Waals surface area contributed by atoms with E-state index in [-0.39, 0.29) is 35.6 Å². The molecule has 9 rings (SSSR count). The maximum atomic E-state index is 14.7. The zero-order chi connectivity index (χ0) is 37.8. The molecule has 3 N–H and O–H groups in total. The second-order valence-corrected chi connectivity index (χ2v) is 16.6. The molecule has 5 aliphatic rings. The average molecular weight is 745 g/mol. The van der Waals surface area contributed by atoms with Crippen LogP contribution in [0.1, 0.15) is 121 Å². The number of fused-ring (bicyclic) bond motifs is 5. The van der Waals surface area contributed by atoms with E-state index in [0.717, 1.165) is 44.3 Å². The predicted molar refractivity (Wildman–Crippen MR) is 208 cm³/mol. The number of anilines is 2. The number of aliphatic imine (C=N–C) groups is 1. The molecule has 1 amide bonds. The third-order valence-electron chi connectivity index (χ3n) is 13.6. The lowest BCUT2D eigenvalue weighted by Gasteiger charge is -2.50. The zero-order valence-corrected chi connectivity index (χ0v) is 31.6. The van der Waals surface area contributed by atoms with E-state index in [1.165, 1.54) is 55.3 Å². The first-order chi connectivity index (χ1) is 26.7. The number of aromatic nitrogens is 3. The highest BCUT2D eigenvalue weighted by molar-refractivity contribution is 6.21. The van der Waals surface area contributed by atoms with Crippen molar-refractivity contribution in [1.82, 2.24) is 14.8 Å². The summed E-state index contributed by atoms with van der Waals surface area (Å²) in [4.78, 5) is 34.9. The minimum absolute atomic E-state index is 0.0215. The molecule has 11 heteroatoms. The fraction of sp³-hybridized carbons (Fsp3) is 0.477. The number of hydrogen-bond acceptors (Lipinski definition) is 8. The van der Waals surface area contributed by atoms with E-state index in [9.17, 15) is 19.1 Å². The minimum atomic E-state index is -0.480. The maximum Gasteiger partial charge on any atom is 0.224 e. The average Bonchev–Trinajstić information content (AvgIpc) is 3.75. The van der Waals surface area contributed by atoms with E-state index in [2.05, 4.69) is 38.7 Å². The van der Waals surface area contributed by atoms with Crippen molar-refractivity contribution < 1.29 is 23.8 Å². The topological polar surface area (TPSA) is 131 Å². The van der Waals surface area contributed by atoms with Crippen LogP contribution in [0.5, 0.6) is 5.75 Å². The molecule has 1 aromatic heterocycles. The maximum absolute atomic E-state index is 14.7. The number of benzene rings is 3. The van der Waals surface area contributed by atoms with Crippen LogP contribution >= 0.6 is 0 Å². The Hall–Kier alpha value is -4.90. The fourth-order valence-electron chi connectivity index (χ4n) is 10.9. The van der Waals surface area contributed by atoms with Crippen molar-refractivity contribution in [1.29, 1.82) is 0 Å². The molecule has 0 bridgehead atoms. The lowest BCUT2D eigenvalue weighted by Crippen LogP contribution is -2.44. The number of aromatic hydroxyl groups is 1. The summed E-state index contributed by atoms with van der Waals surface area (Å²) in [5.74, 6) is 1.98. The molecule has 0 saturated heterocycles. The van der Waals surface area contributed by atoms with E-state index in [0.29, 0.717) is 70.1 Å². The van der Waals surface area contributed by atoms with Gasteiger partial charge in [-0.3, -0.25) is 19.3 Å². The first-order valence-corrected chi connectivity index (χ1v) is 20.0. The fourth-order valence-corrected chi connectivity index (χ4v) is 10.9. The van der Waals surface area contributed by atoms with Gasteiger partial charge in [-0.05, 0) is 128 Å². The predicted octanol–water partition coefficient (Wildman–Crippen LogP) is 8.04. The van der Waals surface area contributed by atoms with Gasteiger partial charge in [-0.15, -0.1) is 0 Å². The first kappa shape index (κ1) is 35.8. The van der Waals surface area contributed by atoms with Gasteiger partial charge in [0.2, 0.25) is 5.91 Å². The zero-order valence-electron chi connectivity index (χ0n) is 31.6. The summed E-state index contributed by atoms with van der Waals surface area (Å²) in [5, 5.41) is 20.8. The molecule has 2 saturated carbocycles. The van der Waals surface area contributed by atoms with Crippen LogP contribution in [0.4, 0.5) is 15.8 Å². The first-order valence-electron chi connectivity index (χ1n) is 20.0. The molecule has 10 nitrogen and oxygen atoms in total. The van der Waals surface area contributed by atoms with E-state index in [1.54, 1.807) is 4.68 Å². The quantitative estimate of drug-likeness (QED) is 0.140. The Balaban J connectivity index is 0.769. The van der Waals surface area contributed by atoms with Crippen LogP contribution in [0.2, 0.25) is 0 Å². The molecule has 55 heavy (non-hydrogen) atoms. The van der Waals surface area contributed by atoms with Gasteiger partial charge < -0.3 is 20.5 Å². The van der Waals surface area contributed by atoms with Gasteiger partial charge in [0.1, 0.15) is 30.3 Å². The number of phenols is 1. The summed E-state index contributed by atoms with van der Waals surface area (Å²) in [6.07, 6.45) is 11.9. The number of ketones is 1. The molecule has 0 radical (unpaired) electrons. The van der Waals surface area contributed by atoms with Crippen molar-refractivity contribution in [3.05, 3.63) is 100 Å². The molecule has 3 aliphatic carbocycles. The molecule has 7 atom stereocenters. The lowest BCUT2D eigenvalue weighted by molar-refractivity contribution is -0.116. The number of ether oxygens (including phenoxy) is 1. The Bertz CT molecular complexity index is 2170. The van der Waals surface area contributed by atoms with Crippen molar-refractivity contribution in [3.63, 3.8) is 0 Å². The molecular formula is C44H49FN6O4. The summed E-state index contributed by atoms with van der Waals surface area (Å²) in [7, 11) is 1.82. The number of nitrogens with zero attached hydrogens (tertiary/aromatic N) is 4. The van der Waals surface area contributed by atoms with Crippen molar-refractivity contribution in [2.24, 2.45) is 29.3 Å². The van der Waals surface area contributed by atoms with Crippen molar-refractivity contribution >= 4 is 28.8 Å². The number of halogens is 1. The van der Waals surface area contributed by atoms with Gasteiger partial charge in [0.05, 0.1) is 23.8 Å². The number of amides is 1. The smallest absolute Gasteiger partial charge is 0.224 e. The van der Waals surface area contributed by atoms with Gasteiger partial charge in [0.25, 0.3) is 0 Å². The van der Waals surface area contributed by atoms with E-state index in [1.807, 2.05) is 43.4 Å². The van der Waals surface area contributed by atoms with Crippen molar-refractivity contribution in [2.75, 3.05) is 23.8 Å². The van der Waals surface area contributed by atoms with E-state index in [4.69, 9.17) is 4.74 Å². The largest absolute Gasteiger partial charge is 0.508 e. The third kappa shape index (κ3) is 6.44. The molecule has 2 fully saturated rings. The number of Topliss-reactive ketones (excluding diaryl/α,β-unsaturated/α-hetero) is 1. The highest BCUT2D eigenvalue weighted by Crippen LogP contribution is 2.61. The lowest BCUT2D eigenvalue weighted by atomic mass is 9.55. The van der Waals surface area contributed by atoms with Gasteiger partial charge in [-0.1, -0.05) is 31.5 Å². The molecule has 3 aromatic carbocycles. The summed E-state index contributed by atoms with van der Waals surface area (Å²) in [6.45, 7) is 3.16. The number of carbonyl (C=O) groups excluding carboxylic acids is 2. The Morgan fingerprint density at radius 3 is 2.75 bits per heavy atom. The van der Waals surface area contributed by atoms with Gasteiger partial charge >= 0.3 is 0 Å². The van der Waals surface area contributed by atoms with Crippen molar-refractivity contribution in [2.45, 2.75) is 95.1 Å². The molecule has 0 spiro atoms. The standard InChI is InChI=1S/C44H49FN6O4/c1-44-18-17-31-30-14-12-29(52)20-26(30)9-13-32(31)34(44)15-16-37(44)55-19-5-3-4-6-38(54)49-28-10-7-25(8-11-28)41-40(43-47-24-48-51(43)2)42-39-33(36(53)23-46-42)21-27(45)22-35(39)50-41/h7-8,10-12,14,20-22,24,31-32,34,37,40-41,50,52H,3-6,9,13,15-19,23H2,1-2H3,(H,49,54)/t31-,32-,34+,37?,40-,41?,44+/m1/s1. The SMILES string of the molecule is Cn1ncnc1[C@H]1C2=NCC(=O)c3cc(F)cc(c32)NC1c1ccc(NC(=O)CCCCCOC2CC[C@H]3[C@@H]4CCc5cc(O)ccc5[C@H]4CC[C@]23C)cc1. The molecule has 3 heterocycles. The minimum Gasteiger partial charge on any atom is -0.508 e. The number of rotatable bonds is 10. The summed E-state index contributed by atoms with van der Waals surface area (Å²) < 4.78 is 23.0. The van der Waals surface area contributed by atoms with E-state index < -0.39 is 5.82 Å². The normalized spacial score (nSPS) is 27.6. The summed E-state index contributed by atoms with van der Waals surface area (Å²) in [6, 6.07) is 16.0. The van der Waals surface area contributed by atoms with Crippen LogP contribution in [-0.4, -0.2) is 56.5 Å². The van der Waals surface area contributed by atoms with E-state index >= 15 is 0 Å². The number of phenolic OH excluding ortho intramolecular Hbond substituents is 1. The monoisotopic (exact) mass is 744 g/mol. The van der Waals surface area contributed by atoms with Crippen LogP contribution in [0.3, 0.4) is 0 Å². The summed E-state index contributed by atoms with van der Waals surface area (Å²) in [5.41, 5.74) is 6.81. The van der Waals surface area contributed by atoms with Crippen LogP contribution in [-0.2, 0) is 23.0 Å². The Morgan fingerprint density at radius 2 is 1.93 bits per heavy atom. The molecule has 2 aliphatic heterocycles. The second kappa shape index (κ2) is 14.3. The Kier molecular flexibility index (Phi) is 9.31. The van der Waals surface area contributed by atoms with Gasteiger partial charge in [-0.2, -0.15) is 5.10 Å². The molecule has 4 aromatic rings. The van der Waals surface area contributed by atoms with Crippen LogP contribution in [0, 0.1) is 23.1 Å². The molecular weight excluding hydrogens is 696 g/mol. The van der Waals surface area contributed by atoms with Gasteiger partial charge in [0.15, 0.2) is 5.78 Å². The van der Waals surface area contributed by atoms with Crippen LogP contribution in [0.15, 0.2) is 65.9 Å². The Morgan fingerprint density at radius 1 is 1.07 bits per heavy atom. The molecule has 286 valence electrons. The van der Waals surface area contributed by atoms with Crippen LogP contribution in [0.25, 0.3) is 0 Å². The number of nitrogens with one attached hydrogen (secondary N) is 2. The number of carbonyl (C=O) groups is 2. The van der Waals surface area contributed by atoms with Crippen molar-refractivity contribution in [3.8, 4) is 5.75 Å². The highest BCUT2D eigenvalue weighted by atomic mass is 19.1. The van der Waals surface area contributed by atoms with Gasteiger partial charge in [0, 0.05) is 42.6 Å². The third-order valence-corrected chi connectivity index (χ3v) is 13.6. The van der Waals surface area contributed by atoms with Gasteiger partial charge in [-0.25, -0.2) is 9.37 Å². The second-order valence-electron chi connectivity index (χ2n) is 16.6. The number of unbranched alkanes of at least 4 members (excludes halogenated alkanes) is 2. The summed E-state index contributed by atoms with van der Waals surface area (Å²) >= 11 is 0. The Labute approximate surface area is 321 Å². The molecule has 2 unspecified atom stereocenters. The van der Waals surface area contributed by atoms with Crippen LogP contribution < -0.4 is 10.6 Å². The highest BCUT2D eigenvalue weighted by Gasteiger charge is 2.55.